The zero-order valence-corrected chi connectivity index (χ0v) is 21.5. The molecule has 1 atom stereocenters. The van der Waals surface area contributed by atoms with E-state index in [0.717, 1.165) is 61.1 Å². The molecule has 1 aromatic carbocycles. The van der Waals surface area contributed by atoms with Crippen molar-refractivity contribution in [1.82, 2.24) is 20.5 Å². The Morgan fingerprint density at radius 2 is 1.94 bits per heavy atom. The Bertz CT molecular complexity index is 902. The Morgan fingerprint density at radius 1 is 1.21 bits per heavy atom. The van der Waals surface area contributed by atoms with E-state index in [2.05, 4.69) is 20.5 Å². The number of halogens is 4. The Labute approximate surface area is 210 Å². The second-order valence-electron chi connectivity index (χ2n) is 8.14. The number of pyridine rings is 1. The SMILES string of the molecule is CCNC(=NCc1cccnc1N(C)C)NC1CCN(Cc2ccc(C(F)(F)F)cc2)C1.I. The maximum Gasteiger partial charge on any atom is 0.416 e. The summed E-state index contributed by atoms with van der Waals surface area (Å²) >= 11 is 0. The van der Waals surface area contributed by atoms with Gasteiger partial charge >= 0.3 is 6.18 Å². The predicted octanol–water partition coefficient (Wildman–Crippen LogP) is 4.11. The van der Waals surface area contributed by atoms with Crippen LogP contribution in [0, 0.1) is 0 Å². The van der Waals surface area contributed by atoms with E-state index in [1.165, 1.54) is 0 Å². The number of anilines is 1. The number of aromatic nitrogens is 1. The molecule has 0 amide bonds. The topological polar surface area (TPSA) is 55.8 Å². The number of nitrogens with one attached hydrogen (secondary N) is 2. The average molecular weight is 576 g/mol. The van der Waals surface area contributed by atoms with Gasteiger partial charge in [0.15, 0.2) is 5.96 Å². The van der Waals surface area contributed by atoms with Crippen molar-refractivity contribution in [3.63, 3.8) is 0 Å². The fourth-order valence-corrected chi connectivity index (χ4v) is 3.79. The Kier molecular flexibility index (Phi) is 10.2. The molecular weight excluding hydrogens is 544 g/mol. The first-order valence-electron chi connectivity index (χ1n) is 10.8. The molecule has 2 aromatic rings. The average Bonchev–Trinajstić information content (AvgIpc) is 3.18. The molecule has 1 saturated heterocycles. The number of likely N-dealkylation sites (tertiary alicyclic amines) is 1. The minimum Gasteiger partial charge on any atom is -0.362 e. The van der Waals surface area contributed by atoms with Crippen molar-refractivity contribution < 1.29 is 13.2 Å². The molecule has 0 radical (unpaired) electrons. The molecule has 2 N–H and O–H groups in total. The first-order chi connectivity index (χ1) is 15.3. The lowest BCUT2D eigenvalue weighted by Gasteiger charge is -2.19. The minimum atomic E-state index is -4.30. The molecule has 2 heterocycles. The van der Waals surface area contributed by atoms with Crippen LogP contribution in [0.25, 0.3) is 0 Å². The van der Waals surface area contributed by atoms with E-state index >= 15 is 0 Å². The van der Waals surface area contributed by atoms with Gasteiger partial charge in [0.2, 0.25) is 0 Å². The van der Waals surface area contributed by atoms with E-state index in [0.29, 0.717) is 13.1 Å². The number of alkyl halides is 3. The van der Waals surface area contributed by atoms with Gasteiger partial charge < -0.3 is 15.5 Å². The van der Waals surface area contributed by atoms with Crippen molar-refractivity contribution in [3.8, 4) is 0 Å². The van der Waals surface area contributed by atoms with Crippen molar-refractivity contribution in [2.45, 2.75) is 38.7 Å². The highest BCUT2D eigenvalue weighted by Crippen LogP contribution is 2.29. The summed E-state index contributed by atoms with van der Waals surface area (Å²) in [5, 5.41) is 6.79. The Hall–Kier alpha value is -2.08. The van der Waals surface area contributed by atoms with E-state index in [1.807, 2.05) is 38.1 Å². The molecule has 0 spiro atoms. The summed E-state index contributed by atoms with van der Waals surface area (Å²) in [6, 6.07) is 9.58. The fourth-order valence-electron chi connectivity index (χ4n) is 3.79. The van der Waals surface area contributed by atoms with E-state index in [4.69, 9.17) is 4.99 Å². The maximum absolute atomic E-state index is 12.8. The van der Waals surface area contributed by atoms with Crippen LogP contribution in [-0.4, -0.2) is 55.6 Å². The van der Waals surface area contributed by atoms with Crippen LogP contribution < -0.4 is 15.5 Å². The molecule has 1 unspecified atom stereocenters. The van der Waals surface area contributed by atoms with Gasteiger partial charge in [-0.25, -0.2) is 9.98 Å². The largest absolute Gasteiger partial charge is 0.416 e. The minimum absolute atomic E-state index is 0. The predicted molar refractivity (Wildman–Crippen MR) is 137 cm³/mol. The van der Waals surface area contributed by atoms with E-state index in [-0.39, 0.29) is 30.0 Å². The van der Waals surface area contributed by atoms with E-state index in [1.54, 1.807) is 18.3 Å². The van der Waals surface area contributed by atoms with Gasteiger partial charge in [0.25, 0.3) is 0 Å². The van der Waals surface area contributed by atoms with Crippen LogP contribution in [0.4, 0.5) is 19.0 Å². The van der Waals surface area contributed by atoms with Crippen LogP contribution >= 0.6 is 24.0 Å². The first kappa shape index (κ1) is 27.2. The molecule has 1 fully saturated rings. The first-order valence-corrected chi connectivity index (χ1v) is 10.8. The quantitative estimate of drug-likeness (QED) is 0.295. The molecule has 1 aliphatic heterocycles. The molecule has 1 aromatic heterocycles. The van der Waals surface area contributed by atoms with Crippen LogP contribution in [0.2, 0.25) is 0 Å². The molecule has 0 bridgehead atoms. The molecule has 182 valence electrons. The number of aliphatic imine (C=N–C) groups is 1. The molecular formula is C23H32F3IN6. The molecule has 1 aliphatic rings. The van der Waals surface area contributed by atoms with Crippen molar-refractivity contribution in [3.05, 3.63) is 59.3 Å². The maximum atomic E-state index is 12.8. The summed E-state index contributed by atoms with van der Waals surface area (Å²) in [6.07, 6.45) is -1.58. The highest BCUT2D eigenvalue weighted by molar-refractivity contribution is 14.0. The monoisotopic (exact) mass is 576 g/mol. The third-order valence-electron chi connectivity index (χ3n) is 5.34. The summed E-state index contributed by atoms with van der Waals surface area (Å²) in [7, 11) is 3.92. The lowest BCUT2D eigenvalue weighted by molar-refractivity contribution is -0.137. The van der Waals surface area contributed by atoms with Gasteiger partial charge in [-0.1, -0.05) is 18.2 Å². The highest BCUT2D eigenvalue weighted by Gasteiger charge is 2.30. The van der Waals surface area contributed by atoms with Crippen LogP contribution in [0.1, 0.15) is 30.0 Å². The standard InChI is InChI=1S/C23H31F3N6.HI/c1-4-27-22(29-14-18-6-5-12-28-21(18)31(2)3)30-20-11-13-32(16-20)15-17-7-9-19(10-8-17)23(24,25)26;/h5-10,12,20H,4,11,13-16H2,1-3H3,(H2,27,29,30);1H. The fraction of sp³-hybridized carbons (Fsp3) is 0.478. The third-order valence-corrected chi connectivity index (χ3v) is 5.34. The van der Waals surface area contributed by atoms with Gasteiger partial charge in [-0.05, 0) is 37.1 Å². The van der Waals surface area contributed by atoms with Crippen molar-refractivity contribution in [2.24, 2.45) is 4.99 Å². The number of rotatable bonds is 7. The second-order valence-corrected chi connectivity index (χ2v) is 8.14. The normalized spacial score (nSPS) is 16.9. The van der Waals surface area contributed by atoms with E-state index in [9.17, 15) is 13.2 Å². The second kappa shape index (κ2) is 12.4. The Morgan fingerprint density at radius 3 is 2.58 bits per heavy atom. The summed E-state index contributed by atoms with van der Waals surface area (Å²) in [5.41, 5.74) is 1.32. The van der Waals surface area contributed by atoms with Crippen LogP contribution in [0.3, 0.4) is 0 Å². The summed E-state index contributed by atoms with van der Waals surface area (Å²) in [6.45, 7) is 5.61. The molecule has 33 heavy (non-hydrogen) atoms. The molecule has 0 aliphatic carbocycles. The van der Waals surface area contributed by atoms with Gasteiger partial charge in [-0.2, -0.15) is 13.2 Å². The van der Waals surface area contributed by atoms with Crippen molar-refractivity contribution in [1.29, 1.82) is 0 Å². The summed E-state index contributed by atoms with van der Waals surface area (Å²) in [5.74, 6) is 1.65. The smallest absolute Gasteiger partial charge is 0.362 e. The number of guanidine groups is 1. The van der Waals surface area contributed by atoms with Gasteiger partial charge in [0, 0.05) is 58.1 Å². The lowest BCUT2D eigenvalue weighted by Crippen LogP contribution is -2.44. The molecule has 10 heteroatoms. The highest BCUT2D eigenvalue weighted by atomic mass is 127. The molecule has 6 nitrogen and oxygen atoms in total. The summed E-state index contributed by atoms with van der Waals surface area (Å²) < 4.78 is 38.3. The lowest BCUT2D eigenvalue weighted by atomic mass is 10.1. The van der Waals surface area contributed by atoms with Crippen molar-refractivity contribution >= 4 is 35.8 Å². The molecule has 0 saturated carbocycles. The number of hydrogen-bond donors (Lipinski definition) is 2. The van der Waals surface area contributed by atoms with Gasteiger partial charge in [0.1, 0.15) is 5.82 Å². The molecule has 3 rings (SSSR count). The Balaban J connectivity index is 0.00000385. The number of benzene rings is 1. The number of hydrogen-bond acceptors (Lipinski definition) is 4. The van der Waals surface area contributed by atoms with Crippen LogP contribution in [0.15, 0.2) is 47.6 Å². The third kappa shape index (κ3) is 8.02. The zero-order chi connectivity index (χ0) is 23.1. The zero-order valence-electron chi connectivity index (χ0n) is 19.2. The van der Waals surface area contributed by atoms with E-state index < -0.39 is 11.7 Å². The number of nitrogens with zero attached hydrogens (tertiary/aromatic N) is 4. The van der Waals surface area contributed by atoms with Gasteiger partial charge in [-0.15, -0.1) is 24.0 Å². The van der Waals surface area contributed by atoms with Crippen LogP contribution in [0.5, 0.6) is 0 Å². The summed E-state index contributed by atoms with van der Waals surface area (Å²) in [4.78, 5) is 13.4. The van der Waals surface area contributed by atoms with Crippen molar-refractivity contribution in [2.75, 3.05) is 38.6 Å². The van der Waals surface area contributed by atoms with Gasteiger partial charge in [0.05, 0.1) is 12.1 Å². The van der Waals surface area contributed by atoms with Gasteiger partial charge in [-0.3, -0.25) is 4.90 Å². The van der Waals surface area contributed by atoms with Crippen LogP contribution in [-0.2, 0) is 19.3 Å².